The van der Waals surface area contributed by atoms with E-state index in [4.69, 9.17) is 19.6 Å². The van der Waals surface area contributed by atoms with Crippen LogP contribution in [0.4, 0.5) is 0 Å². The summed E-state index contributed by atoms with van der Waals surface area (Å²) in [6, 6.07) is 8.08. The van der Waals surface area contributed by atoms with Crippen LogP contribution in [0, 0.1) is 13.8 Å². The van der Waals surface area contributed by atoms with E-state index in [9.17, 15) is 0 Å². The molecule has 0 saturated heterocycles. The summed E-state index contributed by atoms with van der Waals surface area (Å²) in [5.41, 5.74) is 3.73. The number of aryl methyl sites for hydroxylation is 2. The van der Waals surface area contributed by atoms with E-state index >= 15 is 0 Å². The van der Waals surface area contributed by atoms with Crippen LogP contribution in [0.3, 0.4) is 0 Å². The van der Waals surface area contributed by atoms with Crippen molar-refractivity contribution >= 4 is 5.65 Å². The Labute approximate surface area is 239 Å². The average molecular weight is 549 g/mol. The van der Waals surface area contributed by atoms with Gasteiger partial charge in [-0.15, -0.1) is 5.10 Å². The number of aromatic amines is 1. The van der Waals surface area contributed by atoms with Gasteiger partial charge in [-0.25, -0.2) is 9.67 Å². The lowest BCUT2D eigenvalue weighted by Crippen LogP contribution is -2.12. The molecule has 1 aromatic carbocycles. The molecule has 4 rings (SSSR count). The summed E-state index contributed by atoms with van der Waals surface area (Å²) >= 11 is 0. The molecular formula is C32H48N6O2. The molecule has 0 amide bonds. The second kappa shape index (κ2) is 15.5. The van der Waals surface area contributed by atoms with Gasteiger partial charge in [0.2, 0.25) is 5.65 Å². The molecule has 0 fully saturated rings. The number of hydrogen-bond acceptors (Lipinski definition) is 5. The summed E-state index contributed by atoms with van der Waals surface area (Å²) in [6.07, 6.45) is 19.4. The van der Waals surface area contributed by atoms with Crippen molar-refractivity contribution in [2.45, 2.75) is 117 Å². The third kappa shape index (κ3) is 8.12. The van der Waals surface area contributed by atoms with Crippen LogP contribution in [-0.4, -0.2) is 36.2 Å². The van der Waals surface area contributed by atoms with Crippen molar-refractivity contribution in [2.24, 2.45) is 0 Å². The van der Waals surface area contributed by atoms with Gasteiger partial charge in [0.15, 0.2) is 23.4 Å². The predicted molar refractivity (Wildman–Crippen MR) is 161 cm³/mol. The lowest BCUT2D eigenvalue weighted by Gasteiger charge is -2.19. The quantitative estimate of drug-likeness (QED) is 0.119. The summed E-state index contributed by atoms with van der Waals surface area (Å²) in [7, 11) is 0. The van der Waals surface area contributed by atoms with Crippen molar-refractivity contribution in [2.75, 3.05) is 6.61 Å². The van der Waals surface area contributed by atoms with Crippen LogP contribution < -0.4 is 9.47 Å². The number of benzene rings is 1. The van der Waals surface area contributed by atoms with Gasteiger partial charge < -0.3 is 9.47 Å². The summed E-state index contributed by atoms with van der Waals surface area (Å²) < 4.78 is 16.4. The molecular weight excluding hydrogens is 500 g/mol. The molecule has 218 valence electrons. The number of H-pyrrole nitrogens is 1. The predicted octanol–water partition coefficient (Wildman–Crippen LogP) is 8.47. The fourth-order valence-corrected chi connectivity index (χ4v) is 5.13. The van der Waals surface area contributed by atoms with E-state index in [0.29, 0.717) is 12.4 Å². The normalized spacial score (nSPS) is 12.3. The van der Waals surface area contributed by atoms with Crippen molar-refractivity contribution in [1.82, 2.24) is 29.6 Å². The highest BCUT2D eigenvalue weighted by molar-refractivity contribution is 5.61. The molecule has 8 heteroatoms. The number of unbranched alkanes of at least 4 members (excludes halogenated alkanes) is 10. The Morgan fingerprint density at radius 1 is 0.875 bits per heavy atom. The Balaban J connectivity index is 1.37. The van der Waals surface area contributed by atoms with Crippen LogP contribution in [0.5, 0.6) is 11.5 Å². The van der Waals surface area contributed by atoms with Gasteiger partial charge in [0.25, 0.3) is 0 Å². The highest BCUT2D eigenvalue weighted by Crippen LogP contribution is 2.34. The Kier molecular flexibility index (Phi) is 11.5. The van der Waals surface area contributed by atoms with Gasteiger partial charge in [0.05, 0.1) is 12.3 Å². The van der Waals surface area contributed by atoms with Crippen LogP contribution in [0.1, 0.15) is 121 Å². The lowest BCUT2D eigenvalue weighted by atomic mass is 10.1. The molecule has 0 aliphatic carbocycles. The first-order valence-electron chi connectivity index (χ1n) is 15.5. The lowest BCUT2D eigenvalue weighted by molar-refractivity contribution is 0.170. The molecule has 0 radical (unpaired) electrons. The number of nitrogens with zero attached hydrogens (tertiary/aromatic N) is 5. The van der Waals surface area contributed by atoms with Crippen LogP contribution in [0.2, 0.25) is 0 Å². The zero-order valence-corrected chi connectivity index (χ0v) is 25.0. The SMILES string of the molecule is CCCCCCCCCCCCOc1ccc(C)cc1OC(CCCC)c1nc2c(-n3cccn3)c(C)[nH]n2n1. The number of ether oxygens (including phenoxy) is 2. The first kappa shape index (κ1) is 29.7. The highest BCUT2D eigenvalue weighted by Gasteiger charge is 2.24. The Hall–Kier alpha value is -3.29. The maximum atomic E-state index is 6.63. The minimum Gasteiger partial charge on any atom is -0.490 e. The second-order valence-corrected chi connectivity index (χ2v) is 11.0. The van der Waals surface area contributed by atoms with Crippen LogP contribution in [0.15, 0.2) is 36.7 Å². The molecule has 1 unspecified atom stereocenters. The third-order valence-electron chi connectivity index (χ3n) is 7.43. The van der Waals surface area contributed by atoms with Crippen LogP contribution in [-0.2, 0) is 0 Å². The molecule has 3 heterocycles. The summed E-state index contributed by atoms with van der Waals surface area (Å²) in [6.45, 7) is 9.25. The standard InChI is InChI=1S/C32H48N6O2/c1-5-7-9-10-11-12-13-14-15-16-23-39-27-20-19-25(3)24-29(27)40-28(18-8-6-2)31-34-32-30(37-22-17-21-33-37)26(4)35-38(32)36-31/h17,19-22,24,28,35H,5-16,18,23H2,1-4H3. The van der Waals surface area contributed by atoms with Crippen LogP contribution in [0.25, 0.3) is 11.3 Å². The molecule has 0 saturated carbocycles. The van der Waals surface area contributed by atoms with E-state index in [-0.39, 0.29) is 6.10 Å². The molecule has 0 aliphatic heterocycles. The fraction of sp³-hybridized carbons (Fsp3) is 0.594. The molecule has 0 spiro atoms. The Morgan fingerprint density at radius 3 is 2.30 bits per heavy atom. The number of aromatic nitrogens is 6. The minimum absolute atomic E-state index is 0.277. The van der Waals surface area contributed by atoms with Gasteiger partial charge in [-0.3, -0.25) is 5.10 Å². The van der Waals surface area contributed by atoms with Gasteiger partial charge in [-0.1, -0.05) is 84.1 Å². The monoisotopic (exact) mass is 548 g/mol. The van der Waals surface area contributed by atoms with E-state index in [1.165, 1.54) is 57.8 Å². The molecule has 0 aliphatic rings. The first-order valence-corrected chi connectivity index (χ1v) is 15.5. The number of rotatable bonds is 19. The molecule has 0 bridgehead atoms. The highest BCUT2D eigenvalue weighted by atomic mass is 16.5. The number of fused-ring (bicyclic) bond motifs is 1. The third-order valence-corrected chi connectivity index (χ3v) is 7.43. The van der Waals surface area contributed by atoms with Crippen molar-refractivity contribution in [3.8, 4) is 17.2 Å². The molecule has 4 aromatic rings. The van der Waals surface area contributed by atoms with E-state index in [0.717, 1.165) is 59.8 Å². The average Bonchev–Trinajstić information content (AvgIpc) is 3.67. The van der Waals surface area contributed by atoms with Crippen molar-refractivity contribution in [3.63, 3.8) is 0 Å². The summed E-state index contributed by atoms with van der Waals surface area (Å²) in [4.78, 5) is 4.92. The van der Waals surface area contributed by atoms with Crippen molar-refractivity contribution < 1.29 is 9.47 Å². The van der Waals surface area contributed by atoms with E-state index in [1.54, 1.807) is 10.8 Å². The summed E-state index contributed by atoms with van der Waals surface area (Å²) in [5.74, 6) is 2.21. The second-order valence-electron chi connectivity index (χ2n) is 11.0. The molecule has 8 nitrogen and oxygen atoms in total. The van der Waals surface area contributed by atoms with Gasteiger partial charge in [0, 0.05) is 12.4 Å². The maximum absolute atomic E-state index is 6.63. The zero-order valence-electron chi connectivity index (χ0n) is 25.0. The van der Waals surface area contributed by atoms with Gasteiger partial charge >= 0.3 is 0 Å². The Bertz CT molecular complexity index is 1280. The largest absolute Gasteiger partial charge is 0.490 e. The van der Waals surface area contributed by atoms with Gasteiger partial charge in [-0.2, -0.15) is 9.73 Å². The Morgan fingerprint density at radius 2 is 1.60 bits per heavy atom. The van der Waals surface area contributed by atoms with Gasteiger partial charge in [-0.05, 0) is 56.9 Å². The van der Waals surface area contributed by atoms with Crippen molar-refractivity contribution in [3.05, 3.63) is 53.7 Å². The minimum atomic E-state index is -0.277. The molecule has 1 atom stereocenters. The number of nitrogens with one attached hydrogen (secondary N) is 1. The molecule has 40 heavy (non-hydrogen) atoms. The molecule has 3 aromatic heterocycles. The van der Waals surface area contributed by atoms with E-state index < -0.39 is 0 Å². The zero-order chi connectivity index (χ0) is 28.2. The topological polar surface area (TPSA) is 82.3 Å². The van der Waals surface area contributed by atoms with E-state index in [2.05, 4.69) is 43.1 Å². The van der Waals surface area contributed by atoms with Crippen molar-refractivity contribution in [1.29, 1.82) is 0 Å². The number of hydrogen-bond donors (Lipinski definition) is 1. The smallest absolute Gasteiger partial charge is 0.201 e. The van der Waals surface area contributed by atoms with E-state index in [1.807, 2.05) is 29.9 Å². The fourth-order valence-electron chi connectivity index (χ4n) is 5.13. The maximum Gasteiger partial charge on any atom is 0.201 e. The first-order chi connectivity index (χ1) is 19.6. The van der Waals surface area contributed by atoms with Crippen LogP contribution >= 0.6 is 0 Å². The van der Waals surface area contributed by atoms with Gasteiger partial charge in [0.1, 0.15) is 5.69 Å². The molecule has 1 N–H and O–H groups in total. The summed E-state index contributed by atoms with van der Waals surface area (Å²) in [5, 5.41) is 12.5.